The van der Waals surface area contributed by atoms with Gasteiger partial charge in [-0.05, 0) is 36.0 Å². The summed E-state index contributed by atoms with van der Waals surface area (Å²) in [4.78, 5) is 0. The third-order valence-corrected chi connectivity index (χ3v) is 3.57. The van der Waals surface area contributed by atoms with Crippen molar-refractivity contribution in [3.05, 3.63) is 35.6 Å². The van der Waals surface area contributed by atoms with Crippen molar-refractivity contribution in [3.8, 4) is 0 Å². The van der Waals surface area contributed by atoms with E-state index in [0.717, 1.165) is 31.2 Å². The SMILES string of the molecule is CCCCC(NCC(O)CC(C)(C)C)c1ccc(F)cc1. The molecule has 0 radical (unpaired) electrons. The van der Waals surface area contributed by atoms with Crippen molar-refractivity contribution in [3.63, 3.8) is 0 Å². The van der Waals surface area contributed by atoms with Crippen LogP contribution in [0.25, 0.3) is 0 Å². The molecule has 0 saturated heterocycles. The number of rotatable bonds is 8. The van der Waals surface area contributed by atoms with E-state index >= 15 is 0 Å². The quantitative estimate of drug-likeness (QED) is 0.743. The van der Waals surface area contributed by atoms with Crippen molar-refractivity contribution >= 4 is 0 Å². The highest BCUT2D eigenvalue weighted by Gasteiger charge is 2.18. The topological polar surface area (TPSA) is 32.3 Å². The molecular weight excluding hydrogens is 265 g/mol. The Morgan fingerprint density at radius 1 is 1.19 bits per heavy atom. The standard InChI is InChI=1S/C18H30FNO/c1-5-6-7-17(14-8-10-15(19)11-9-14)20-13-16(21)12-18(2,3)4/h8-11,16-17,20-21H,5-7,12-13H2,1-4H3. The molecule has 21 heavy (non-hydrogen) atoms. The van der Waals surface area contributed by atoms with Gasteiger partial charge >= 0.3 is 0 Å². The Morgan fingerprint density at radius 2 is 1.81 bits per heavy atom. The van der Waals surface area contributed by atoms with Gasteiger partial charge in [0.15, 0.2) is 0 Å². The predicted octanol–water partition coefficient (Wildman–Crippen LogP) is 4.44. The summed E-state index contributed by atoms with van der Waals surface area (Å²) in [5.41, 5.74) is 1.21. The summed E-state index contributed by atoms with van der Waals surface area (Å²) in [6, 6.07) is 6.85. The van der Waals surface area contributed by atoms with Crippen molar-refractivity contribution in [1.82, 2.24) is 5.32 Å². The van der Waals surface area contributed by atoms with Crippen LogP contribution in [0, 0.1) is 11.2 Å². The minimum atomic E-state index is -0.352. The largest absolute Gasteiger partial charge is 0.392 e. The summed E-state index contributed by atoms with van der Waals surface area (Å²) in [6.07, 6.45) is 3.66. The highest BCUT2D eigenvalue weighted by molar-refractivity contribution is 5.19. The second kappa shape index (κ2) is 8.50. The van der Waals surface area contributed by atoms with Crippen LogP contribution in [0.1, 0.15) is 65.0 Å². The molecule has 2 atom stereocenters. The van der Waals surface area contributed by atoms with Crippen molar-refractivity contribution in [2.24, 2.45) is 5.41 Å². The average Bonchev–Trinajstić information content (AvgIpc) is 2.38. The first-order chi connectivity index (χ1) is 9.81. The highest BCUT2D eigenvalue weighted by atomic mass is 19.1. The lowest BCUT2D eigenvalue weighted by Gasteiger charge is -2.25. The molecular formula is C18H30FNO. The van der Waals surface area contributed by atoms with E-state index in [9.17, 15) is 9.50 Å². The summed E-state index contributed by atoms with van der Waals surface area (Å²) < 4.78 is 13.0. The number of nitrogens with one attached hydrogen (secondary N) is 1. The van der Waals surface area contributed by atoms with E-state index < -0.39 is 0 Å². The zero-order valence-electron chi connectivity index (χ0n) is 13.8. The molecule has 0 bridgehead atoms. The Morgan fingerprint density at radius 3 is 2.33 bits per heavy atom. The third kappa shape index (κ3) is 7.58. The molecule has 2 nitrogen and oxygen atoms in total. The fraction of sp³-hybridized carbons (Fsp3) is 0.667. The van der Waals surface area contributed by atoms with Gasteiger partial charge in [0.25, 0.3) is 0 Å². The van der Waals surface area contributed by atoms with Crippen LogP contribution in [0.15, 0.2) is 24.3 Å². The lowest BCUT2D eigenvalue weighted by Crippen LogP contribution is -2.32. The van der Waals surface area contributed by atoms with Crippen LogP contribution in [-0.4, -0.2) is 17.8 Å². The van der Waals surface area contributed by atoms with Gasteiger partial charge in [-0.3, -0.25) is 0 Å². The summed E-state index contributed by atoms with van der Waals surface area (Å²) in [6.45, 7) is 9.12. The molecule has 0 amide bonds. The van der Waals surface area contributed by atoms with Crippen molar-refractivity contribution in [2.75, 3.05) is 6.54 Å². The van der Waals surface area contributed by atoms with Crippen molar-refractivity contribution in [1.29, 1.82) is 0 Å². The van der Waals surface area contributed by atoms with E-state index in [2.05, 4.69) is 33.0 Å². The summed E-state index contributed by atoms with van der Waals surface area (Å²) >= 11 is 0. The number of hydrogen-bond acceptors (Lipinski definition) is 2. The van der Waals surface area contributed by atoms with Crippen LogP contribution < -0.4 is 5.32 Å². The molecule has 120 valence electrons. The molecule has 0 aliphatic heterocycles. The molecule has 0 fully saturated rings. The monoisotopic (exact) mass is 295 g/mol. The first-order valence-electron chi connectivity index (χ1n) is 7.98. The normalized spacial score (nSPS) is 15.0. The van der Waals surface area contributed by atoms with Crippen molar-refractivity contribution < 1.29 is 9.50 Å². The number of hydrogen-bond donors (Lipinski definition) is 2. The fourth-order valence-corrected chi connectivity index (χ4v) is 2.55. The molecule has 1 rings (SSSR count). The lowest BCUT2D eigenvalue weighted by molar-refractivity contribution is 0.116. The van der Waals surface area contributed by atoms with Gasteiger partial charge in [-0.2, -0.15) is 0 Å². The van der Waals surface area contributed by atoms with Crippen LogP contribution in [0.4, 0.5) is 4.39 Å². The van der Waals surface area contributed by atoms with Crippen LogP contribution in [0.3, 0.4) is 0 Å². The minimum absolute atomic E-state index is 0.121. The van der Waals surface area contributed by atoms with Crippen LogP contribution in [0.5, 0.6) is 0 Å². The lowest BCUT2D eigenvalue weighted by atomic mass is 9.89. The van der Waals surface area contributed by atoms with Gasteiger partial charge in [0.1, 0.15) is 5.82 Å². The molecule has 1 aromatic rings. The molecule has 3 heteroatoms. The second-order valence-corrected chi connectivity index (χ2v) is 7.07. The number of aliphatic hydroxyl groups excluding tert-OH is 1. The maximum Gasteiger partial charge on any atom is 0.123 e. The van der Waals surface area contributed by atoms with E-state index in [1.807, 2.05) is 12.1 Å². The van der Waals surface area contributed by atoms with E-state index in [-0.39, 0.29) is 23.4 Å². The summed E-state index contributed by atoms with van der Waals surface area (Å²) in [5, 5.41) is 13.6. The number of benzene rings is 1. The third-order valence-electron chi connectivity index (χ3n) is 3.57. The van der Waals surface area contributed by atoms with Gasteiger partial charge in [0.05, 0.1) is 6.10 Å². The molecule has 0 aliphatic rings. The maximum absolute atomic E-state index is 13.0. The number of unbranched alkanes of at least 4 members (excludes halogenated alkanes) is 1. The molecule has 0 aliphatic carbocycles. The molecule has 0 saturated carbocycles. The van der Waals surface area contributed by atoms with Gasteiger partial charge in [-0.15, -0.1) is 0 Å². The van der Waals surface area contributed by atoms with E-state index in [0.29, 0.717) is 6.54 Å². The molecule has 0 spiro atoms. The number of aliphatic hydroxyl groups is 1. The van der Waals surface area contributed by atoms with E-state index in [1.54, 1.807) is 0 Å². The van der Waals surface area contributed by atoms with Crippen molar-refractivity contribution in [2.45, 2.75) is 65.5 Å². The van der Waals surface area contributed by atoms with E-state index in [1.165, 1.54) is 12.1 Å². The van der Waals surface area contributed by atoms with Crippen LogP contribution in [0.2, 0.25) is 0 Å². The predicted molar refractivity (Wildman–Crippen MR) is 86.7 cm³/mol. The highest BCUT2D eigenvalue weighted by Crippen LogP contribution is 2.23. The molecule has 1 aromatic carbocycles. The fourth-order valence-electron chi connectivity index (χ4n) is 2.55. The molecule has 2 N–H and O–H groups in total. The Balaban J connectivity index is 2.60. The zero-order valence-corrected chi connectivity index (χ0v) is 13.8. The first kappa shape index (κ1) is 18.1. The summed E-state index contributed by atoms with van der Waals surface area (Å²) in [5.74, 6) is -0.208. The Labute approximate surface area is 128 Å². The van der Waals surface area contributed by atoms with Gasteiger partial charge in [-0.1, -0.05) is 52.7 Å². The van der Waals surface area contributed by atoms with Gasteiger partial charge in [0, 0.05) is 12.6 Å². The molecule has 2 unspecified atom stereocenters. The second-order valence-electron chi connectivity index (χ2n) is 7.07. The van der Waals surface area contributed by atoms with Gasteiger partial charge in [-0.25, -0.2) is 4.39 Å². The Hall–Kier alpha value is -0.930. The zero-order chi connectivity index (χ0) is 15.9. The first-order valence-corrected chi connectivity index (χ1v) is 7.98. The number of halogens is 1. The Bertz CT molecular complexity index is 397. The average molecular weight is 295 g/mol. The Kier molecular flexibility index (Phi) is 7.33. The maximum atomic E-state index is 13.0. The minimum Gasteiger partial charge on any atom is -0.392 e. The van der Waals surface area contributed by atoms with E-state index in [4.69, 9.17) is 0 Å². The smallest absolute Gasteiger partial charge is 0.123 e. The van der Waals surface area contributed by atoms with Crippen LogP contribution in [-0.2, 0) is 0 Å². The molecule has 0 aromatic heterocycles. The molecule has 0 heterocycles. The van der Waals surface area contributed by atoms with Gasteiger partial charge < -0.3 is 10.4 Å². The van der Waals surface area contributed by atoms with Crippen LogP contribution >= 0.6 is 0 Å². The van der Waals surface area contributed by atoms with Gasteiger partial charge in [0.2, 0.25) is 0 Å². The summed E-state index contributed by atoms with van der Waals surface area (Å²) in [7, 11) is 0.